The zero-order chi connectivity index (χ0) is 30.1. The highest BCUT2D eigenvalue weighted by molar-refractivity contribution is 6.00. The van der Waals surface area contributed by atoms with Gasteiger partial charge in [0.1, 0.15) is 12.4 Å². The van der Waals surface area contributed by atoms with E-state index in [9.17, 15) is 27.2 Å². The molecule has 2 aromatic heterocycles. The lowest BCUT2D eigenvalue weighted by Crippen LogP contribution is -2.20. The average molecular weight is 584 g/mol. The highest BCUT2D eigenvalue weighted by atomic mass is 19.4. The Hall–Kier alpha value is -5.58. The molecule has 43 heavy (non-hydrogen) atoms. The zero-order valence-corrected chi connectivity index (χ0v) is 22.2. The van der Waals surface area contributed by atoms with Crippen molar-refractivity contribution in [1.82, 2.24) is 14.2 Å². The van der Waals surface area contributed by atoms with Crippen LogP contribution in [0, 0.1) is 5.82 Å². The van der Waals surface area contributed by atoms with E-state index in [0.29, 0.717) is 22.0 Å². The number of hydrogen-bond donors (Lipinski definition) is 1. The minimum Gasteiger partial charge on any atom is -0.337 e. The third-order valence-corrected chi connectivity index (χ3v) is 6.80. The van der Waals surface area contributed by atoms with E-state index in [1.165, 1.54) is 36.5 Å². The molecule has 0 aliphatic carbocycles. The van der Waals surface area contributed by atoms with Gasteiger partial charge in [0.15, 0.2) is 5.82 Å². The number of alkyl halides is 3. The molecule has 0 aliphatic rings. The van der Waals surface area contributed by atoms with Crippen molar-refractivity contribution >= 4 is 39.6 Å². The molecule has 4 aromatic carbocycles. The van der Waals surface area contributed by atoms with Gasteiger partial charge in [0, 0.05) is 28.2 Å². The molecule has 7 nitrogen and oxygen atoms in total. The molecule has 0 bridgehead atoms. The molecular formula is C32H21F4N5O2. The number of anilines is 1. The third kappa shape index (κ3) is 5.52. The van der Waals surface area contributed by atoms with Crippen LogP contribution >= 0.6 is 0 Å². The summed E-state index contributed by atoms with van der Waals surface area (Å²) in [6, 6.07) is 24.0. The van der Waals surface area contributed by atoms with E-state index in [1.807, 2.05) is 0 Å². The van der Waals surface area contributed by atoms with E-state index < -0.39 is 29.0 Å². The molecule has 1 amide bonds. The first kappa shape index (κ1) is 27.6. The topological polar surface area (TPSA) is 81.3 Å². The van der Waals surface area contributed by atoms with Gasteiger partial charge in [-0.1, -0.05) is 54.6 Å². The van der Waals surface area contributed by atoms with E-state index in [0.717, 1.165) is 16.8 Å². The number of nitrogens with zero attached hydrogens (tertiary/aromatic N) is 4. The Kier molecular flexibility index (Phi) is 7.06. The molecule has 11 heteroatoms. The van der Waals surface area contributed by atoms with E-state index >= 15 is 0 Å². The number of carbonyl (C=O) groups excluding carboxylic acids is 1. The van der Waals surface area contributed by atoms with Gasteiger partial charge in [-0.05, 0) is 42.5 Å². The van der Waals surface area contributed by atoms with Gasteiger partial charge in [0.05, 0.1) is 28.4 Å². The number of amides is 1. The number of aromatic nitrogens is 3. The molecule has 6 aromatic rings. The lowest BCUT2D eigenvalue weighted by Gasteiger charge is -2.12. The lowest BCUT2D eigenvalue weighted by atomic mass is 10.1. The first-order chi connectivity index (χ1) is 20.7. The average Bonchev–Trinajstić information content (AvgIpc) is 3.34. The molecule has 0 atom stereocenters. The van der Waals surface area contributed by atoms with Crippen molar-refractivity contribution in [2.75, 3.05) is 5.32 Å². The molecule has 1 N–H and O–H groups in total. The van der Waals surface area contributed by atoms with Gasteiger partial charge in [-0.25, -0.2) is 9.37 Å². The fourth-order valence-electron chi connectivity index (χ4n) is 4.79. The van der Waals surface area contributed by atoms with Crippen LogP contribution in [0.4, 0.5) is 23.2 Å². The van der Waals surface area contributed by atoms with Crippen molar-refractivity contribution in [3.8, 4) is 11.4 Å². The molecule has 0 spiro atoms. The summed E-state index contributed by atoms with van der Waals surface area (Å²) >= 11 is 0. The zero-order valence-electron chi connectivity index (χ0n) is 22.2. The number of carbonyl (C=O) groups is 1. The predicted molar refractivity (Wildman–Crippen MR) is 156 cm³/mol. The van der Waals surface area contributed by atoms with Crippen LogP contribution in [0.5, 0.6) is 0 Å². The number of nitrogens with one attached hydrogen (secondary N) is 1. The molecular weight excluding hydrogens is 562 g/mol. The third-order valence-electron chi connectivity index (χ3n) is 6.80. The molecule has 214 valence electrons. The normalized spacial score (nSPS) is 11.9. The summed E-state index contributed by atoms with van der Waals surface area (Å²) in [5.74, 6) is -1.10. The molecule has 6 rings (SSSR count). The lowest BCUT2D eigenvalue weighted by molar-refractivity contribution is -0.137. The van der Waals surface area contributed by atoms with Gasteiger partial charge < -0.3 is 9.88 Å². The highest BCUT2D eigenvalue weighted by Gasteiger charge is 2.31. The number of benzene rings is 4. The Bertz CT molecular complexity index is 2100. The van der Waals surface area contributed by atoms with Crippen molar-refractivity contribution in [3.05, 3.63) is 131 Å². The van der Waals surface area contributed by atoms with Gasteiger partial charge in [-0.15, -0.1) is 0 Å². The molecule has 0 fully saturated rings. The minimum atomic E-state index is -4.60. The number of hydrogen-bond acceptors (Lipinski definition) is 4. The highest BCUT2D eigenvalue weighted by Crippen LogP contribution is 2.32. The summed E-state index contributed by atoms with van der Waals surface area (Å²) in [6.45, 7) is -0.143. The van der Waals surface area contributed by atoms with Gasteiger partial charge in [0.25, 0.3) is 5.56 Å². The Morgan fingerprint density at radius 3 is 2.42 bits per heavy atom. The standard InChI is InChI=1S/C32H21F4N5O2/c33-25-12-3-5-14-27(25)38-29(42)19-40-18-21(23-10-2-6-15-28(23)40)17-37-41-30(20-8-7-9-22(16-20)32(34,35)36)39-26-13-4-1-11-24(26)31(41)43/h1-18H,19H2,(H,38,42). The molecule has 2 heterocycles. The maximum atomic E-state index is 14.0. The Morgan fingerprint density at radius 1 is 0.907 bits per heavy atom. The van der Waals surface area contributed by atoms with E-state index in [-0.39, 0.29) is 29.0 Å². The smallest absolute Gasteiger partial charge is 0.337 e. The largest absolute Gasteiger partial charge is 0.416 e. The van der Waals surface area contributed by atoms with E-state index in [4.69, 9.17) is 0 Å². The van der Waals surface area contributed by atoms with Crippen molar-refractivity contribution in [1.29, 1.82) is 0 Å². The van der Waals surface area contributed by atoms with Crippen molar-refractivity contribution in [3.63, 3.8) is 0 Å². The first-order valence-electron chi connectivity index (χ1n) is 13.0. The van der Waals surface area contributed by atoms with Crippen molar-refractivity contribution in [2.45, 2.75) is 12.7 Å². The van der Waals surface area contributed by atoms with Crippen LogP contribution in [0.25, 0.3) is 33.2 Å². The summed E-state index contributed by atoms with van der Waals surface area (Å²) in [4.78, 5) is 30.8. The van der Waals surface area contributed by atoms with Crippen LogP contribution in [0.1, 0.15) is 11.1 Å². The molecule has 0 unspecified atom stereocenters. The van der Waals surface area contributed by atoms with Crippen LogP contribution in [0.3, 0.4) is 0 Å². The number of para-hydroxylation sites is 3. The molecule has 0 saturated carbocycles. The predicted octanol–water partition coefficient (Wildman–Crippen LogP) is 6.70. The minimum absolute atomic E-state index is 0.0519. The molecule has 0 aliphatic heterocycles. The van der Waals surface area contributed by atoms with Gasteiger partial charge in [-0.2, -0.15) is 22.9 Å². The van der Waals surface area contributed by atoms with Crippen molar-refractivity contribution in [2.24, 2.45) is 5.10 Å². The summed E-state index contributed by atoms with van der Waals surface area (Å²) in [7, 11) is 0. The van der Waals surface area contributed by atoms with Crippen LogP contribution in [0.2, 0.25) is 0 Å². The van der Waals surface area contributed by atoms with Crippen LogP contribution < -0.4 is 10.9 Å². The van der Waals surface area contributed by atoms with Gasteiger partial charge >= 0.3 is 6.18 Å². The molecule has 0 saturated heterocycles. The second-order valence-corrected chi connectivity index (χ2v) is 9.65. The monoisotopic (exact) mass is 583 g/mol. The molecule has 0 radical (unpaired) electrons. The first-order valence-corrected chi connectivity index (χ1v) is 13.0. The van der Waals surface area contributed by atoms with Gasteiger partial charge in [0.2, 0.25) is 5.91 Å². The van der Waals surface area contributed by atoms with Crippen LogP contribution in [-0.2, 0) is 17.5 Å². The Morgan fingerprint density at radius 2 is 1.63 bits per heavy atom. The van der Waals surface area contributed by atoms with Crippen molar-refractivity contribution < 1.29 is 22.4 Å². The second kappa shape index (κ2) is 11.0. The summed E-state index contributed by atoms with van der Waals surface area (Å²) in [6.07, 6.45) is -1.55. The SMILES string of the molecule is O=C(Cn1cc(C=Nn2c(-c3cccc(C(F)(F)F)c3)nc3ccccc3c2=O)c2ccccc21)Nc1ccccc1F. The fraction of sp³-hybridized carbons (Fsp3) is 0.0625. The van der Waals surface area contributed by atoms with Crippen LogP contribution in [0.15, 0.2) is 113 Å². The summed E-state index contributed by atoms with van der Waals surface area (Å²) < 4.78 is 57.2. The quantitative estimate of drug-likeness (QED) is 0.175. The number of fused-ring (bicyclic) bond motifs is 2. The summed E-state index contributed by atoms with van der Waals surface area (Å²) in [5.41, 5.74) is 0.169. The Labute approximate surface area is 241 Å². The maximum absolute atomic E-state index is 14.0. The number of rotatable bonds is 6. The summed E-state index contributed by atoms with van der Waals surface area (Å²) in [5, 5.41) is 7.88. The van der Waals surface area contributed by atoms with Gasteiger partial charge in [-0.3, -0.25) is 9.59 Å². The second-order valence-electron chi connectivity index (χ2n) is 9.65. The Balaban J connectivity index is 1.42. The fourth-order valence-corrected chi connectivity index (χ4v) is 4.79. The van der Waals surface area contributed by atoms with E-state index in [1.54, 1.807) is 65.4 Å². The number of halogens is 4. The van der Waals surface area contributed by atoms with E-state index in [2.05, 4.69) is 15.4 Å². The maximum Gasteiger partial charge on any atom is 0.416 e. The van der Waals surface area contributed by atoms with Crippen LogP contribution in [-0.4, -0.2) is 26.3 Å².